The normalized spacial score (nSPS) is 9.42. The zero-order chi connectivity index (χ0) is 9.14. The van der Waals surface area contributed by atoms with Crippen LogP contribution in [0.15, 0.2) is 17.4 Å². The number of hydrogen-bond donors (Lipinski definition) is 1. The molecule has 6 heteroatoms. The third kappa shape index (κ3) is 1.57. The highest BCUT2D eigenvalue weighted by molar-refractivity contribution is 6.31. The number of nitroso groups, excluding NO2 is 1. The van der Waals surface area contributed by atoms with E-state index in [-0.39, 0.29) is 16.4 Å². The van der Waals surface area contributed by atoms with E-state index in [1.165, 1.54) is 12.3 Å². The highest BCUT2D eigenvalue weighted by atomic mass is 35.5. The third-order valence-electron chi connectivity index (χ3n) is 1.20. The van der Waals surface area contributed by atoms with Crippen LogP contribution < -0.4 is 5.73 Å². The van der Waals surface area contributed by atoms with Crippen LogP contribution in [-0.2, 0) is 0 Å². The number of rotatable bonds is 1. The molecule has 1 heterocycles. The van der Waals surface area contributed by atoms with Crippen molar-refractivity contribution in [3.8, 4) is 0 Å². The number of carbonyl (C=O) groups excluding carboxylic acids is 1. The van der Waals surface area contributed by atoms with Gasteiger partial charge >= 0.3 is 5.91 Å². The summed E-state index contributed by atoms with van der Waals surface area (Å²) in [5, 5.41) is 2.43. The fraction of sp³-hybridized carbons (Fsp3) is 0. The summed E-state index contributed by atoms with van der Waals surface area (Å²) in [7, 11) is 0. The van der Waals surface area contributed by atoms with Crippen LogP contribution in [0.5, 0.6) is 0 Å². The Balaban J connectivity index is 3.22. The Morgan fingerprint density at radius 3 is 2.92 bits per heavy atom. The Bertz CT molecular complexity index is 340. The summed E-state index contributed by atoms with van der Waals surface area (Å²) in [4.78, 5) is 24.1. The third-order valence-corrected chi connectivity index (χ3v) is 1.41. The highest BCUT2D eigenvalue weighted by Gasteiger charge is 2.11. The van der Waals surface area contributed by atoms with E-state index >= 15 is 0 Å². The lowest BCUT2D eigenvalue weighted by Gasteiger charge is -1.97. The number of halogens is 1. The van der Waals surface area contributed by atoms with Gasteiger partial charge in [-0.1, -0.05) is 11.6 Å². The van der Waals surface area contributed by atoms with E-state index in [4.69, 9.17) is 17.3 Å². The van der Waals surface area contributed by atoms with Crippen molar-refractivity contribution >= 4 is 23.3 Å². The second-order valence-electron chi connectivity index (χ2n) is 1.98. The smallest absolute Gasteiger partial charge is 0.320 e. The molecule has 0 spiro atoms. The predicted octanol–water partition coefficient (Wildman–Crippen LogP) is 1.22. The first-order valence-corrected chi connectivity index (χ1v) is 3.31. The molecule has 12 heavy (non-hydrogen) atoms. The van der Waals surface area contributed by atoms with Gasteiger partial charge in [-0.05, 0) is 6.07 Å². The van der Waals surface area contributed by atoms with Gasteiger partial charge < -0.3 is 5.73 Å². The average molecular weight is 186 g/mol. The molecule has 1 aromatic heterocycles. The molecule has 1 amide bonds. The predicted molar refractivity (Wildman–Crippen MR) is 43.8 cm³/mol. The number of nitrogen functional groups attached to an aromatic ring is 1. The molecular weight excluding hydrogens is 182 g/mol. The summed E-state index contributed by atoms with van der Waals surface area (Å²) in [5.74, 6) is -1.02. The van der Waals surface area contributed by atoms with Gasteiger partial charge in [0.05, 0.1) is 10.6 Å². The Morgan fingerprint density at radius 2 is 2.33 bits per heavy atom. The Hall–Kier alpha value is -1.49. The molecular formula is C6H4ClN3O2. The molecule has 0 saturated heterocycles. The van der Waals surface area contributed by atoms with E-state index in [0.29, 0.717) is 0 Å². The van der Waals surface area contributed by atoms with E-state index in [1.807, 2.05) is 0 Å². The summed E-state index contributed by atoms with van der Waals surface area (Å²) >= 11 is 5.50. The first-order chi connectivity index (χ1) is 5.65. The number of carbonyl (C=O) groups is 1. The molecule has 0 saturated carbocycles. The van der Waals surface area contributed by atoms with Gasteiger partial charge in [0.15, 0.2) is 0 Å². The Kier molecular flexibility index (Phi) is 2.35. The quantitative estimate of drug-likeness (QED) is 0.667. The van der Waals surface area contributed by atoms with E-state index in [0.717, 1.165) is 0 Å². The summed E-state index contributed by atoms with van der Waals surface area (Å²) < 4.78 is 0. The molecule has 0 aliphatic heterocycles. The summed E-state index contributed by atoms with van der Waals surface area (Å²) in [6.07, 6.45) is 1.28. The van der Waals surface area contributed by atoms with Gasteiger partial charge in [-0.15, -0.1) is 4.91 Å². The molecule has 0 aliphatic carbocycles. The van der Waals surface area contributed by atoms with Gasteiger partial charge in [0, 0.05) is 11.4 Å². The number of pyridine rings is 1. The van der Waals surface area contributed by atoms with E-state index in [1.54, 1.807) is 0 Å². The molecule has 0 bridgehead atoms. The van der Waals surface area contributed by atoms with Crippen LogP contribution in [0.3, 0.4) is 0 Å². The maximum absolute atomic E-state index is 10.7. The van der Waals surface area contributed by atoms with Crippen LogP contribution in [0.25, 0.3) is 0 Å². The van der Waals surface area contributed by atoms with Crippen molar-refractivity contribution < 1.29 is 4.79 Å². The standard InChI is InChI=1S/C6H4ClN3O2/c7-3-1-4(6(11)10-12)5(8)9-2-3/h1-2H,(H2,8,9). The fourth-order valence-electron chi connectivity index (χ4n) is 0.670. The molecule has 5 nitrogen and oxygen atoms in total. The molecule has 1 rings (SSSR count). The monoisotopic (exact) mass is 185 g/mol. The lowest BCUT2D eigenvalue weighted by molar-refractivity contribution is 0.100. The minimum Gasteiger partial charge on any atom is -0.383 e. The zero-order valence-electron chi connectivity index (χ0n) is 5.82. The van der Waals surface area contributed by atoms with Gasteiger partial charge in [-0.25, -0.2) is 4.98 Å². The van der Waals surface area contributed by atoms with Crippen LogP contribution in [0.1, 0.15) is 10.4 Å². The SMILES string of the molecule is Nc1ncc(Cl)cc1C(=O)N=O. The van der Waals surface area contributed by atoms with E-state index < -0.39 is 5.91 Å². The topological polar surface area (TPSA) is 85.4 Å². The van der Waals surface area contributed by atoms with E-state index in [2.05, 4.69) is 10.2 Å². The van der Waals surface area contributed by atoms with Crippen molar-refractivity contribution in [3.05, 3.63) is 27.8 Å². The first kappa shape index (κ1) is 8.61. The molecule has 0 aromatic carbocycles. The second kappa shape index (κ2) is 3.27. The Morgan fingerprint density at radius 1 is 1.67 bits per heavy atom. The number of aromatic nitrogens is 1. The van der Waals surface area contributed by atoms with Crippen molar-refractivity contribution in [1.29, 1.82) is 0 Å². The van der Waals surface area contributed by atoms with Crippen LogP contribution in [-0.4, -0.2) is 10.9 Å². The molecule has 0 radical (unpaired) electrons. The maximum Gasteiger partial charge on any atom is 0.320 e. The molecule has 0 unspecified atom stereocenters. The van der Waals surface area contributed by atoms with Gasteiger partial charge in [0.2, 0.25) is 0 Å². The lowest BCUT2D eigenvalue weighted by Crippen LogP contribution is -2.02. The van der Waals surface area contributed by atoms with Crippen molar-refractivity contribution in [2.45, 2.75) is 0 Å². The lowest BCUT2D eigenvalue weighted by atomic mass is 10.2. The van der Waals surface area contributed by atoms with Gasteiger partial charge in [-0.2, -0.15) is 0 Å². The Labute approximate surface area is 72.5 Å². The van der Waals surface area contributed by atoms with Crippen LogP contribution in [0, 0.1) is 4.91 Å². The molecule has 2 N–H and O–H groups in total. The molecule has 0 fully saturated rings. The molecule has 1 aromatic rings. The van der Waals surface area contributed by atoms with Gasteiger partial charge in [0.1, 0.15) is 5.82 Å². The number of nitrogens with zero attached hydrogens (tertiary/aromatic N) is 2. The van der Waals surface area contributed by atoms with Gasteiger partial charge in [0.25, 0.3) is 0 Å². The summed E-state index contributed by atoms with van der Waals surface area (Å²) in [6.45, 7) is 0. The summed E-state index contributed by atoms with van der Waals surface area (Å²) in [5.41, 5.74) is 5.20. The highest BCUT2D eigenvalue weighted by Crippen LogP contribution is 2.15. The van der Waals surface area contributed by atoms with Crippen molar-refractivity contribution in [1.82, 2.24) is 4.98 Å². The molecule has 0 atom stereocenters. The van der Waals surface area contributed by atoms with Crippen LogP contribution in [0.2, 0.25) is 5.02 Å². The van der Waals surface area contributed by atoms with E-state index in [9.17, 15) is 9.70 Å². The minimum atomic E-state index is -0.970. The first-order valence-electron chi connectivity index (χ1n) is 2.94. The molecule has 62 valence electrons. The van der Waals surface area contributed by atoms with Gasteiger partial charge in [-0.3, -0.25) is 4.79 Å². The number of nitrogens with two attached hydrogens (primary N) is 1. The second-order valence-corrected chi connectivity index (χ2v) is 2.42. The van der Waals surface area contributed by atoms with Crippen LogP contribution in [0.4, 0.5) is 5.82 Å². The number of amides is 1. The van der Waals surface area contributed by atoms with Crippen molar-refractivity contribution in [3.63, 3.8) is 0 Å². The minimum absolute atomic E-state index is 0.0519. The fourth-order valence-corrected chi connectivity index (χ4v) is 0.828. The van der Waals surface area contributed by atoms with Crippen molar-refractivity contribution in [2.24, 2.45) is 5.18 Å². The average Bonchev–Trinajstić information content (AvgIpc) is 2.08. The summed E-state index contributed by atoms with van der Waals surface area (Å²) in [6, 6.07) is 1.24. The zero-order valence-corrected chi connectivity index (χ0v) is 6.58. The number of hydrogen-bond acceptors (Lipinski definition) is 4. The molecule has 0 aliphatic rings. The maximum atomic E-state index is 10.7. The van der Waals surface area contributed by atoms with Crippen molar-refractivity contribution in [2.75, 3.05) is 5.73 Å². The number of anilines is 1. The van der Waals surface area contributed by atoms with Crippen LogP contribution >= 0.6 is 11.6 Å². The largest absolute Gasteiger partial charge is 0.383 e.